The van der Waals surface area contributed by atoms with Gasteiger partial charge in [0.05, 0.1) is 18.3 Å². The number of anilines is 1. The average Bonchev–Trinajstić information content (AvgIpc) is 2.34. The van der Waals surface area contributed by atoms with Gasteiger partial charge in [-0.05, 0) is 0 Å². The summed E-state index contributed by atoms with van der Waals surface area (Å²) < 4.78 is 4.91. The van der Waals surface area contributed by atoms with Crippen LogP contribution in [0.25, 0.3) is 0 Å². The van der Waals surface area contributed by atoms with Crippen molar-refractivity contribution in [2.75, 3.05) is 12.3 Å². The summed E-state index contributed by atoms with van der Waals surface area (Å²) >= 11 is 0. The maximum atomic E-state index is 8.57. The molecule has 56 valence electrons. The summed E-state index contributed by atoms with van der Waals surface area (Å²) in [6, 6.07) is 1.14. The molecule has 0 saturated carbocycles. The second-order valence-corrected chi connectivity index (χ2v) is 2.07. The molecule has 1 atom stereocenters. The molecule has 5 N–H and O–H groups in total. The summed E-state index contributed by atoms with van der Waals surface area (Å²) in [5, 5.41) is 8.57. The standard InChI is InChI=1S/C6H10N2O2/c7-4-1-6(10-3-4)5(8)2-9/h1,3,5,9H,2,7-8H2/t5-/m1/s1. The summed E-state index contributed by atoms with van der Waals surface area (Å²) in [6.07, 6.45) is 1.39. The van der Waals surface area contributed by atoms with E-state index in [1.165, 1.54) is 6.26 Å². The van der Waals surface area contributed by atoms with Gasteiger partial charge in [0.15, 0.2) is 0 Å². The molecule has 0 unspecified atom stereocenters. The average molecular weight is 142 g/mol. The van der Waals surface area contributed by atoms with Crippen molar-refractivity contribution in [1.82, 2.24) is 0 Å². The Labute approximate surface area is 58.4 Å². The van der Waals surface area contributed by atoms with Crippen molar-refractivity contribution in [1.29, 1.82) is 0 Å². The molecular formula is C6H10N2O2. The van der Waals surface area contributed by atoms with Crippen molar-refractivity contribution in [3.63, 3.8) is 0 Å². The first-order chi connectivity index (χ1) is 4.74. The lowest BCUT2D eigenvalue weighted by molar-refractivity contribution is 0.252. The van der Waals surface area contributed by atoms with Gasteiger partial charge in [0.25, 0.3) is 0 Å². The van der Waals surface area contributed by atoms with E-state index >= 15 is 0 Å². The van der Waals surface area contributed by atoms with E-state index in [1.54, 1.807) is 6.07 Å². The topological polar surface area (TPSA) is 85.4 Å². The maximum Gasteiger partial charge on any atom is 0.124 e. The number of aliphatic hydroxyl groups is 1. The molecule has 10 heavy (non-hydrogen) atoms. The summed E-state index contributed by atoms with van der Waals surface area (Å²) in [4.78, 5) is 0. The molecule has 0 bridgehead atoms. The van der Waals surface area contributed by atoms with E-state index in [1.807, 2.05) is 0 Å². The molecule has 0 aliphatic rings. The highest BCUT2D eigenvalue weighted by Gasteiger charge is 2.07. The van der Waals surface area contributed by atoms with E-state index in [-0.39, 0.29) is 6.61 Å². The van der Waals surface area contributed by atoms with Crippen LogP contribution in [0, 0.1) is 0 Å². The Bertz CT molecular complexity index is 209. The number of aliphatic hydroxyl groups excluding tert-OH is 1. The van der Waals surface area contributed by atoms with Crippen molar-refractivity contribution < 1.29 is 9.52 Å². The van der Waals surface area contributed by atoms with E-state index in [2.05, 4.69) is 0 Å². The molecule has 0 amide bonds. The van der Waals surface area contributed by atoms with Crippen LogP contribution in [-0.2, 0) is 0 Å². The third-order valence-electron chi connectivity index (χ3n) is 1.20. The van der Waals surface area contributed by atoms with Crippen molar-refractivity contribution in [3.8, 4) is 0 Å². The molecule has 4 nitrogen and oxygen atoms in total. The van der Waals surface area contributed by atoms with Crippen LogP contribution in [0.1, 0.15) is 11.8 Å². The monoisotopic (exact) mass is 142 g/mol. The van der Waals surface area contributed by atoms with E-state index in [0.717, 1.165) is 0 Å². The van der Waals surface area contributed by atoms with E-state index < -0.39 is 6.04 Å². The lowest BCUT2D eigenvalue weighted by Gasteiger charge is -2.00. The Morgan fingerprint density at radius 1 is 1.70 bits per heavy atom. The Morgan fingerprint density at radius 2 is 2.40 bits per heavy atom. The number of furan rings is 1. The van der Waals surface area contributed by atoms with Crippen molar-refractivity contribution >= 4 is 5.69 Å². The normalized spacial score (nSPS) is 13.4. The van der Waals surface area contributed by atoms with E-state index in [4.69, 9.17) is 21.0 Å². The van der Waals surface area contributed by atoms with Crippen LogP contribution in [0.2, 0.25) is 0 Å². The Kier molecular flexibility index (Phi) is 1.94. The highest BCUT2D eigenvalue weighted by Crippen LogP contribution is 2.14. The van der Waals surface area contributed by atoms with Gasteiger partial charge in [0.2, 0.25) is 0 Å². The fraction of sp³-hybridized carbons (Fsp3) is 0.333. The zero-order valence-corrected chi connectivity index (χ0v) is 5.45. The van der Waals surface area contributed by atoms with Crippen LogP contribution in [0.5, 0.6) is 0 Å². The molecule has 0 aliphatic heterocycles. The molecule has 1 aromatic rings. The van der Waals surface area contributed by atoms with Gasteiger partial charge < -0.3 is 21.0 Å². The quantitative estimate of drug-likeness (QED) is 0.536. The Morgan fingerprint density at radius 3 is 2.80 bits per heavy atom. The molecule has 0 saturated heterocycles. The number of hydrogen-bond acceptors (Lipinski definition) is 4. The van der Waals surface area contributed by atoms with Crippen LogP contribution in [0.3, 0.4) is 0 Å². The molecule has 0 aromatic carbocycles. The second-order valence-electron chi connectivity index (χ2n) is 2.07. The number of nitrogens with two attached hydrogens (primary N) is 2. The predicted octanol–water partition coefficient (Wildman–Crippen LogP) is -0.146. The highest BCUT2D eigenvalue weighted by atomic mass is 16.3. The molecule has 1 aromatic heterocycles. The Hall–Kier alpha value is -1.00. The molecular weight excluding hydrogens is 132 g/mol. The SMILES string of the molecule is Nc1coc([C@H](N)CO)c1. The third kappa shape index (κ3) is 1.29. The van der Waals surface area contributed by atoms with Crippen molar-refractivity contribution in [2.45, 2.75) is 6.04 Å². The molecule has 0 spiro atoms. The smallest absolute Gasteiger partial charge is 0.124 e. The first-order valence-corrected chi connectivity index (χ1v) is 2.94. The van der Waals surface area contributed by atoms with Gasteiger partial charge in [0.1, 0.15) is 12.0 Å². The van der Waals surface area contributed by atoms with Gasteiger partial charge in [-0.3, -0.25) is 0 Å². The van der Waals surface area contributed by atoms with E-state index in [9.17, 15) is 0 Å². The summed E-state index contributed by atoms with van der Waals surface area (Å²) in [6.45, 7) is -0.132. The van der Waals surface area contributed by atoms with Gasteiger partial charge in [-0.2, -0.15) is 0 Å². The summed E-state index contributed by atoms with van der Waals surface area (Å²) in [7, 11) is 0. The zero-order chi connectivity index (χ0) is 7.56. The number of nitrogen functional groups attached to an aromatic ring is 1. The molecule has 0 aliphatic carbocycles. The van der Waals surface area contributed by atoms with Crippen LogP contribution in [-0.4, -0.2) is 11.7 Å². The number of hydrogen-bond donors (Lipinski definition) is 3. The lowest BCUT2D eigenvalue weighted by Crippen LogP contribution is -2.13. The number of rotatable bonds is 2. The van der Waals surface area contributed by atoms with Crippen LogP contribution < -0.4 is 11.5 Å². The fourth-order valence-corrected chi connectivity index (χ4v) is 0.653. The molecule has 1 rings (SSSR count). The van der Waals surface area contributed by atoms with E-state index in [0.29, 0.717) is 11.4 Å². The largest absolute Gasteiger partial charge is 0.465 e. The lowest BCUT2D eigenvalue weighted by atomic mass is 10.2. The first kappa shape index (κ1) is 7.11. The van der Waals surface area contributed by atoms with Gasteiger partial charge in [0, 0.05) is 6.07 Å². The third-order valence-corrected chi connectivity index (χ3v) is 1.20. The fourth-order valence-electron chi connectivity index (χ4n) is 0.653. The Balaban J connectivity index is 2.74. The van der Waals surface area contributed by atoms with Gasteiger partial charge >= 0.3 is 0 Å². The minimum absolute atomic E-state index is 0.132. The molecule has 4 heteroatoms. The summed E-state index contributed by atoms with van der Waals surface area (Å²) in [5.74, 6) is 0.514. The summed E-state index contributed by atoms with van der Waals surface area (Å²) in [5.41, 5.74) is 11.3. The maximum absolute atomic E-state index is 8.57. The van der Waals surface area contributed by atoms with Crippen LogP contribution in [0.4, 0.5) is 5.69 Å². The zero-order valence-electron chi connectivity index (χ0n) is 5.45. The van der Waals surface area contributed by atoms with Crippen molar-refractivity contribution in [3.05, 3.63) is 18.1 Å². The minimum atomic E-state index is -0.461. The second kappa shape index (κ2) is 2.72. The van der Waals surface area contributed by atoms with Gasteiger partial charge in [-0.1, -0.05) is 0 Å². The predicted molar refractivity (Wildman–Crippen MR) is 37.1 cm³/mol. The van der Waals surface area contributed by atoms with Crippen molar-refractivity contribution in [2.24, 2.45) is 5.73 Å². The van der Waals surface area contributed by atoms with Crippen LogP contribution >= 0.6 is 0 Å². The van der Waals surface area contributed by atoms with Crippen LogP contribution in [0.15, 0.2) is 16.7 Å². The molecule has 0 radical (unpaired) electrons. The highest BCUT2D eigenvalue weighted by molar-refractivity contribution is 5.35. The molecule has 0 fully saturated rings. The first-order valence-electron chi connectivity index (χ1n) is 2.94. The van der Waals surface area contributed by atoms with Gasteiger partial charge in [-0.25, -0.2) is 0 Å². The minimum Gasteiger partial charge on any atom is -0.465 e. The van der Waals surface area contributed by atoms with Gasteiger partial charge in [-0.15, -0.1) is 0 Å². The molecule has 1 heterocycles.